The highest BCUT2D eigenvalue weighted by molar-refractivity contribution is 6.30. The van der Waals surface area contributed by atoms with Crippen LogP contribution in [0.2, 0.25) is 5.02 Å². The fraction of sp³-hybridized carbons (Fsp3) is 0.375. The summed E-state index contributed by atoms with van der Waals surface area (Å²) in [4.78, 5) is 11.7. The van der Waals surface area contributed by atoms with Crippen LogP contribution in [-0.2, 0) is 4.79 Å². The number of nitrogens with one attached hydrogen (secondary N) is 1. The van der Waals surface area contributed by atoms with Crippen molar-refractivity contribution >= 4 is 23.2 Å². The molecule has 110 valence electrons. The Morgan fingerprint density at radius 3 is 3.14 bits per heavy atom. The first-order valence-corrected chi connectivity index (χ1v) is 7.42. The van der Waals surface area contributed by atoms with Gasteiger partial charge in [0.25, 0.3) is 5.91 Å². The summed E-state index contributed by atoms with van der Waals surface area (Å²) in [6.07, 6.45) is 6.42. The number of carbonyl (C=O) groups excluding carboxylic acids is 1. The zero-order valence-corrected chi connectivity index (χ0v) is 12.6. The second kappa shape index (κ2) is 5.90. The van der Waals surface area contributed by atoms with Crippen molar-refractivity contribution < 1.29 is 9.53 Å². The summed E-state index contributed by atoms with van der Waals surface area (Å²) in [6.45, 7) is 1.84. The van der Waals surface area contributed by atoms with Gasteiger partial charge in [-0.3, -0.25) is 4.79 Å². The highest BCUT2D eigenvalue weighted by Gasteiger charge is 2.37. The van der Waals surface area contributed by atoms with Crippen LogP contribution in [0.4, 0.5) is 0 Å². The number of allylic oxidation sites excluding steroid dienone is 2. The Balaban J connectivity index is 1.47. The van der Waals surface area contributed by atoms with Gasteiger partial charge in [0.15, 0.2) is 6.61 Å². The van der Waals surface area contributed by atoms with Crippen LogP contribution in [0, 0.1) is 18.8 Å². The molecule has 2 aliphatic carbocycles. The molecular weight excluding hydrogens is 288 g/mol. The van der Waals surface area contributed by atoms with Gasteiger partial charge in [-0.25, -0.2) is 5.43 Å². The molecule has 0 spiro atoms. The molecule has 0 bridgehead atoms. The summed E-state index contributed by atoms with van der Waals surface area (Å²) < 4.78 is 5.47. The number of aryl methyl sites for hydroxylation is 1. The zero-order chi connectivity index (χ0) is 14.8. The summed E-state index contributed by atoms with van der Waals surface area (Å²) in [5.74, 6) is 1.55. The van der Waals surface area contributed by atoms with Crippen molar-refractivity contribution in [3.63, 3.8) is 0 Å². The summed E-state index contributed by atoms with van der Waals surface area (Å²) in [7, 11) is 0. The second-order valence-corrected chi connectivity index (χ2v) is 5.91. The van der Waals surface area contributed by atoms with E-state index in [0.29, 0.717) is 22.6 Å². The Hall–Kier alpha value is -1.81. The van der Waals surface area contributed by atoms with Crippen molar-refractivity contribution in [2.24, 2.45) is 16.9 Å². The number of hydrogen-bond donors (Lipinski definition) is 1. The van der Waals surface area contributed by atoms with E-state index in [1.165, 1.54) is 0 Å². The number of halogens is 1. The van der Waals surface area contributed by atoms with Gasteiger partial charge in [0.05, 0.1) is 0 Å². The molecular formula is C16H17ClN2O2. The largest absolute Gasteiger partial charge is 0.483 e. The molecule has 1 aromatic carbocycles. The van der Waals surface area contributed by atoms with Crippen LogP contribution < -0.4 is 10.2 Å². The van der Waals surface area contributed by atoms with E-state index >= 15 is 0 Å². The topological polar surface area (TPSA) is 50.7 Å². The molecule has 1 aromatic rings. The van der Waals surface area contributed by atoms with E-state index in [-0.39, 0.29) is 12.5 Å². The quantitative estimate of drug-likeness (QED) is 0.686. The van der Waals surface area contributed by atoms with Crippen LogP contribution >= 0.6 is 11.6 Å². The number of amides is 1. The minimum absolute atomic E-state index is 0.0500. The standard InChI is InChI=1S/C16H17ClN2O2/c1-10-7-12(17)5-6-15(10)21-9-16(20)19-18-14-8-11-3-2-4-13(11)14/h2-3,5-7,11,13H,4,8-9H2,1H3,(H,19,20)/t11-,13+/m1/s1. The van der Waals surface area contributed by atoms with Gasteiger partial charge in [-0.05, 0) is 49.4 Å². The van der Waals surface area contributed by atoms with E-state index in [1.54, 1.807) is 18.2 Å². The first-order chi connectivity index (χ1) is 10.1. The third kappa shape index (κ3) is 3.10. The smallest absolute Gasteiger partial charge is 0.277 e. The molecule has 5 heteroatoms. The fourth-order valence-electron chi connectivity index (χ4n) is 2.75. The molecule has 0 aliphatic heterocycles. The molecule has 2 atom stereocenters. The summed E-state index contributed by atoms with van der Waals surface area (Å²) >= 11 is 5.87. The predicted molar refractivity (Wildman–Crippen MR) is 82.6 cm³/mol. The molecule has 0 saturated heterocycles. The van der Waals surface area contributed by atoms with Gasteiger partial charge < -0.3 is 4.74 Å². The van der Waals surface area contributed by atoms with Crippen molar-refractivity contribution in [1.82, 2.24) is 5.43 Å². The van der Waals surface area contributed by atoms with E-state index < -0.39 is 0 Å². The highest BCUT2D eigenvalue weighted by Crippen LogP contribution is 2.40. The lowest BCUT2D eigenvalue weighted by atomic mass is 9.74. The minimum atomic E-state index is -0.244. The Morgan fingerprint density at radius 1 is 1.52 bits per heavy atom. The number of hydrogen-bond acceptors (Lipinski definition) is 3. The molecule has 1 saturated carbocycles. The Labute approximate surface area is 128 Å². The Morgan fingerprint density at radius 2 is 2.38 bits per heavy atom. The van der Waals surface area contributed by atoms with Crippen molar-refractivity contribution in [3.8, 4) is 5.75 Å². The average Bonchev–Trinajstić information content (AvgIpc) is 2.79. The maximum atomic E-state index is 11.7. The number of rotatable bonds is 4. The molecule has 3 rings (SSSR count). The first-order valence-electron chi connectivity index (χ1n) is 7.04. The highest BCUT2D eigenvalue weighted by atomic mass is 35.5. The van der Waals surface area contributed by atoms with E-state index in [1.807, 2.05) is 6.92 Å². The molecule has 0 unspecified atom stereocenters. The number of hydrazone groups is 1. The predicted octanol–water partition coefficient (Wildman–Crippen LogP) is 3.10. The maximum absolute atomic E-state index is 11.7. The van der Waals surface area contributed by atoms with Crippen molar-refractivity contribution in [2.45, 2.75) is 19.8 Å². The Bertz CT molecular complexity index is 625. The van der Waals surface area contributed by atoms with Gasteiger partial charge in [-0.15, -0.1) is 0 Å². The molecule has 21 heavy (non-hydrogen) atoms. The fourth-order valence-corrected chi connectivity index (χ4v) is 2.97. The van der Waals surface area contributed by atoms with Gasteiger partial charge in [0, 0.05) is 16.7 Å². The summed E-state index contributed by atoms with van der Waals surface area (Å²) in [5.41, 5.74) is 4.56. The summed E-state index contributed by atoms with van der Waals surface area (Å²) in [5, 5.41) is 4.85. The van der Waals surface area contributed by atoms with Crippen LogP contribution in [0.1, 0.15) is 18.4 Å². The SMILES string of the molecule is Cc1cc(Cl)ccc1OCC(=O)NN=C1C[C@H]2C=CC[C@H]12. The van der Waals surface area contributed by atoms with E-state index in [2.05, 4.69) is 22.7 Å². The van der Waals surface area contributed by atoms with Crippen LogP contribution in [0.15, 0.2) is 35.5 Å². The van der Waals surface area contributed by atoms with Gasteiger partial charge in [0.1, 0.15) is 5.75 Å². The molecule has 1 amide bonds. The lowest BCUT2D eigenvalue weighted by molar-refractivity contribution is -0.123. The van der Waals surface area contributed by atoms with Crippen LogP contribution in [-0.4, -0.2) is 18.2 Å². The van der Waals surface area contributed by atoms with Crippen LogP contribution in [0.25, 0.3) is 0 Å². The lowest BCUT2D eigenvalue weighted by Crippen LogP contribution is -2.36. The molecule has 1 fully saturated rings. The molecule has 0 aromatic heterocycles. The van der Waals surface area contributed by atoms with E-state index in [0.717, 1.165) is 24.1 Å². The van der Waals surface area contributed by atoms with E-state index in [9.17, 15) is 4.79 Å². The molecule has 4 nitrogen and oxygen atoms in total. The third-order valence-electron chi connectivity index (χ3n) is 3.98. The maximum Gasteiger partial charge on any atom is 0.277 e. The van der Waals surface area contributed by atoms with Crippen molar-refractivity contribution in [3.05, 3.63) is 40.9 Å². The monoisotopic (exact) mass is 304 g/mol. The van der Waals surface area contributed by atoms with Gasteiger partial charge in [0.2, 0.25) is 0 Å². The van der Waals surface area contributed by atoms with Gasteiger partial charge >= 0.3 is 0 Å². The van der Waals surface area contributed by atoms with Crippen LogP contribution in [0.5, 0.6) is 5.75 Å². The zero-order valence-electron chi connectivity index (χ0n) is 11.8. The number of fused-ring (bicyclic) bond motifs is 1. The molecule has 2 aliphatic rings. The average molecular weight is 305 g/mol. The van der Waals surface area contributed by atoms with Crippen molar-refractivity contribution in [2.75, 3.05) is 6.61 Å². The first kappa shape index (κ1) is 14.1. The summed E-state index contributed by atoms with van der Waals surface area (Å²) in [6, 6.07) is 5.30. The van der Waals surface area contributed by atoms with Gasteiger partial charge in [-0.2, -0.15) is 5.10 Å². The van der Waals surface area contributed by atoms with Crippen LogP contribution in [0.3, 0.4) is 0 Å². The number of carbonyl (C=O) groups is 1. The lowest BCUT2D eigenvalue weighted by Gasteiger charge is -2.31. The molecule has 0 radical (unpaired) electrons. The van der Waals surface area contributed by atoms with Gasteiger partial charge in [-0.1, -0.05) is 23.8 Å². The van der Waals surface area contributed by atoms with E-state index in [4.69, 9.17) is 16.3 Å². The number of benzene rings is 1. The molecule has 1 N–H and O–H groups in total. The van der Waals surface area contributed by atoms with Crippen molar-refractivity contribution in [1.29, 1.82) is 0 Å². The Kier molecular flexibility index (Phi) is 3.97. The second-order valence-electron chi connectivity index (χ2n) is 5.47. The number of ether oxygens (including phenoxy) is 1. The number of nitrogens with zero attached hydrogens (tertiary/aromatic N) is 1. The normalized spacial score (nSPS) is 24.6. The minimum Gasteiger partial charge on any atom is -0.483 e. The molecule has 0 heterocycles. The third-order valence-corrected chi connectivity index (χ3v) is 4.22.